The van der Waals surface area contributed by atoms with E-state index in [1.54, 1.807) is 0 Å². The van der Waals surface area contributed by atoms with E-state index in [1.807, 2.05) is 21.1 Å². The van der Waals surface area contributed by atoms with Gasteiger partial charge in [-0.3, -0.25) is 4.79 Å². The van der Waals surface area contributed by atoms with E-state index in [0.29, 0.717) is 16.6 Å². The summed E-state index contributed by atoms with van der Waals surface area (Å²) in [5, 5.41) is -0.437. The topological polar surface area (TPSA) is 17.1 Å². The number of rotatable bonds is 3. The van der Waals surface area contributed by atoms with Crippen molar-refractivity contribution in [1.29, 1.82) is 0 Å². The fourth-order valence-electron chi connectivity index (χ4n) is 0.635. The van der Waals surface area contributed by atoms with Crippen LogP contribution in [0.2, 0.25) is 0 Å². The molecular weight excluding hydrogens is 150 g/mol. The van der Waals surface area contributed by atoms with Gasteiger partial charge in [0.25, 0.3) is 5.24 Å². The number of hydrogen-bond donors (Lipinski definition) is 0. The molecule has 0 fully saturated rings. The van der Waals surface area contributed by atoms with Crippen molar-refractivity contribution < 1.29 is 9.28 Å². The molecule has 0 aliphatic heterocycles. The molecule has 58 valence electrons. The van der Waals surface area contributed by atoms with Crippen molar-refractivity contribution in [1.82, 2.24) is 0 Å². The van der Waals surface area contributed by atoms with Gasteiger partial charge in [0.05, 0.1) is 26.7 Å². The zero-order chi connectivity index (χ0) is 8.36. The first-order valence-corrected chi connectivity index (χ1v) is 3.39. The highest BCUT2D eigenvalue weighted by molar-refractivity contribution is 6.67. The Kier molecular flexibility index (Phi) is 3.06. The fraction of sp³-hybridized carbons (Fsp3) is 0.571. The molecule has 0 spiro atoms. The largest absolute Gasteiger partial charge is 0.327 e. The molecule has 0 heterocycles. The first-order valence-electron chi connectivity index (χ1n) is 3.01. The number of likely N-dealkylation sites (N-methyl/N-ethyl adjacent to an activating group) is 1. The molecule has 0 saturated heterocycles. The lowest BCUT2D eigenvalue weighted by Crippen LogP contribution is -2.36. The normalized spacial score (nSPS) is 11.2. The summed E-state index contributed by atoms with van der Waals surface area (Å²) in [6.07, 6.45) is 0. The maximum absolute atomic E-state index is 10.5. The average molecular weight is 163 g/mol. The van der Waals surface area contributed by atoms with Crippen molar-refractivity contribution in [3.05, 3.63) is 12.2 Å². The Bertz CT molecular complexity index is 157. The van der Waals surface area contributed by atoms with Crippen LogP contribution in [-0.4, -0.2) is 37.4 Å². The maximum Gasteiger partial charge on any atom is 0.253 e. The van der Waals surface area contributed by atoms with E-state index in [1.165, 1.54) is 0 Å². The van der Waals surface area contributed by atoms with Crippen LogP contribution in [-0.2, 0) is 4.79 Å². The van der Waals surface area contributed by atoms with Gasteiger partial charge in [-0.05, 0) is 11.6 Å². The number of carbonyl (C=O) groups is 1. The standard InChI is InChI=1S/C7H13ClNO/c1-6(7(8)10)5-9(2,3)4/h1,5H2,2-4H3/q+1. The molecule has 0 aliphatic carbocycles. The van der Waals surface area contributed by atoms with Crippen LogP contribution in [0.1, 0.15) is 0 Å². The minimum absolute atomic E-state index is 0.437. The molecule has 0 bridgehead atoms. The van der Waals surface area contributed by atoms with Gasteiger partial charge in [-0.15, -0.1) is 0 Å². The quantitative estimate of drug-likeness (QED) is 0.344. The Labute approximate surface area is 66.7 Å². The highest BCUT2D eigenvalue weighted by atomic mass is 35.5. The first kappa shape index (κ1) is 9.66. The summed E-state index contributed by atoms with van der Waals surface area (Å²) in [7, 11) is 5.93. The number of quaternary nitrogens is 1. The number of carbonyl (C=O) groups excluding carboxylic acids is 1. The van der Waals surface area contributed by atoms with Gasteiger partial charge in [0.2, 0.25) is 0 Å². The van der Waals surface area contributed by atoms with Crippen molar-refractivity contribution in [2.75, 3.05) is 27.7 Å². The smallest absolute Gasteiger partial charge is 0.253 e. The van der Waals surface area contributed by atoms with Crippen LogP contribution in [0.25, 0.3) is 0 Å². The molecular formula is C7H13ClNO+. The summed E-state index contributed by atoms with van der Waals surface area (Å²) >= 11 is 5.19. The molecule has 0 aromatic carbocycles. The van der Waals surface area contributed by atoms with Crippen molar-refractivity contribution in [3.8, 4) is 0 Å². The number of hydrogen-bond acceptors (Lipinski definition) is 1. The minimum Gasteiger partial charge on any atom is -0.327 e. The van der Waals surface area contributed by atoms with Gasteiger partial charge < -0.3 is 4.48 Å². The number of halogens is 1. The Balaban J connectivity index is 3.93. The third-order valence-electron chi connectivity index (χ3n) is 0.943. The second kappa shape index (κ2) is 3.17. The van der Waals surface area contributed by atoms with Crippen molar-refractivity contribution >= 4 is 16.8 Å². The van der Waals surface area contributed by atoms with Crippen LogP contribution in [0.3, 0.4) is 0 Å². The molecule has 0 amide bonds. The highest BCUT2D eigenvalue weighted by Gasteiger charge is 2.13. The van der Waals surface area contributed by atoms with E-state index in [9.17, 15) is 4.79 Å². The van der Waals surface area contributed by atoms with Gasteiger partial charge >= 0.3 is 0 Å². The second-order valence-electron chi connectivity index (χ2n) is 3.33. The van der Waals surface area contributed by atoms with Crippen LogP contribution in [0.5, 0.6) is 0 Å². The molecule has 0 unspecified atom stereocenters. The fourth-order valence-corrected chi connectivity index (χ4v) is 0.694. The molecule has 0 aliphatic rings. The van der Waals surface area contributed by atoms with Crippen molar-refractivity contribution in [2.24, 2.45) is 0 Å². The zero-order valence-corrected chi connectivity index (χ0v) is 7.40. The van der Waals surface area contributed by atoms with E-state index in [-0.39, 0.29) is 0 Å². The minimum atomic E-state index is -0.437. The summed E-state index contributed by atoms with van der Waals surface area (Å²) in [6.45, 7) is 4.14. The first-order chi connectivity index (χ1) is 4.33. The van der Waals surface area contributed by atoms with Crippen LogP contribution >= 0.6 is 11.6 Å². The maximum atomic E-state index is 10.5. The predicted octanol–water partition coefficient (Wildman–Crippen LogP) is 1.01. The van der Waals surface area contributed by atoms with Crippen LogP contribution < -0.4 is 0 Å². The van der Waals surface area contributed by atoms with Gasteiger partial charge in [-0.25, -0.2) is 0 Å². The lowest BCUT2D eigenvalue weighted by molar-refractivity contribution is -0.865. The van der Waals surface area contributed by atoms with Crippen molar-refractivity contribution in [3.63, 3.8) is 0 Å². The Morgan fingerprint density at radius 2 is 1.90 bits per heavy atom. The van der Waals surface area contributed by atoms with Crippen LogP contribution in [0, 0.1) is 0 Å². The van der Waals surface area contributed by atoms with Gasteiger partial charge in [-0.2, -0.15) is 0 Å². The SMILES string of the molecule is C=C(C[N+](C)(C)C)C(=O)Cl. The van der Waals surface area contributed by atoms with Gasteiger partial charge in [0, 0.05) is 0 Å². The van der Waals surface area contributed by atoms with Gasteiger partial charge in [0.15, 0.2) is 0 Å². The van der Waals surface area contributed by atoms with E-state index < -0.39 is 5.24 Å². The molecule has 2 nitrogen and oxygen atoms in total. The second-order valence-corrected chi connectivity index (χ2v) is 3.67. The van der Waals surface area contributed by atoms with E-state index in [0.717, 1.165) is 0 Å². The summed E-state index contributed by atoms with van der Waals surface area (Å²) < 4.78 is 0.678. The van der Waals surface area contributed by atoms with Crippen molar-refractivity contribution in [2.45, 2.75) is 0 Å². The molecule has 0 atom stereocenters. The summed E-state index contributed by atoms with van der Waals surface area (Å²) in [6, 6.07) is 0. The molecule has 0 radical (unpaired) electrons. The lowest BCUT2D eigenvalue weighted by atomic mass is 10.3. The number of nitrogens with zero attached hydrogens (tertiary/aromatic N) is 1. The zero-order valence-electron chi connectivity index (χ0n) is 6.65. The third kappa shape index (κ3) is 4.53. The predicted molar refractivity (Wildman–Crippen MR) is 42.9 cm³/mol. The van der Waals surface area contributed by atoms with Gasteiger partial charge in [0.1, 0.15) is 6.54 Å². The molecule has 0 aromatic rings. The third-order valence-corrected chi connectivity index (χ3v) is 1.21. The van der Waals surface area contributed by atoms with Crippen LogP contribution in [0.15, 0.2) is 12.2 Å². The van der Waals surface area contributed by atoms with E-state index >= 15 is 0 Å². The molecule has 0 aromatic heterocycles. The monoisotopic (exact) mass is 162 g/mol. The van der Waals surface area contributed by atoms with E-state index in [2.05, 4.69) is 6.58 Å². The Hall–Kier alpha value is -0.340. The average Bonchev–Trinajstić information content (AvgIpc) is 1.60. The summed E-state index contributed by atoms with van der Waals surface area (Å²) in [4.78, 5) is 10.5. The summed E-state index contributed by atoms with van der Waals surface area (Å²) in [5.41, 5.74) is 0.467. The summed E-state index contributed by atoms with van der Waals surface area (Å²) in [5.74, 6) is 0. The lowest BCUT2D eigenvalue weighted by Gasteiger charge is -2.23. The van der Waals surface area contributed by atoms with E-state index in [4.69, 9.17) is 11.6 Å². The molecule has 0 rings (SSSR count). The molecule has 0 saturated carbocycles. The van der Waals surface area contributed by atoms with Gasteiger partial charge in [-0.1, -0.05) is 6.58 Å². The molecule has 0 N–H and O–H groups in total. The highest BCUT2D eigenvalue weighted by Crippen LogP contribution is 2.02. The Morgan fingerprint density at radius 1 is 1.50 bits per heavy atom. The van der Waals surface area contributed by atoms with Crippen LogP contribution in [0.4, 0.5) is 0 Å². The molecule has 3 heteroatoms. The molecule has 10 heavy (non-hydrogen) atoms. The Morgan fingerprint density at radius 3 is 2.00 bits per heavy atom.